The van der Waals surface area contributed by atoms with Crippen molar-refractivity contribution in [2.24, 2.45) is 0 Å². The van der Waals surface area contributed by atoms with Crippen LogP contribution in [0.1, 0.15) is 29.5 Å². The fourth-order valence-corrected chi connectivity index (χ4v) is 5.06. The molecule has 0 aliphatic heterocycles. The number of hydrogen-bond donors (Lipinski definition) is 0. The summed E-state index contributed by atoms with van der Waals surface area (Å²) in [4.78, 5) is 0. The van der Waals surface area contributed by atoms with E-state index in [9.17, 15) is 0 Å². The third kappa shape index (κ3) is 2.02. The summed E-state index contributed by atoms with van der Waals surface area (Å²) in [5.41, 5.74) is 3.11. The molecule has 2 rings (SSSR count). The van der Waals surface area contributed by atoms with Crippen molar-refractivity contribution in [1.29, 1.82) is 0 Å². The summed E-state index contributed by atoms with van der Waals surface area (Å²) >= 11 is -0.375. The molecule has 0 unspecified atom stereocenters. The maximum absolute atomic E-state index is 2.38. The van der Waals surface area contributed by atoms with Gasteiger partial charge < -0.3 is 2.85 Å². The Hall–Kier alpha value is -0.157. The van der Waals surface area contributed by atoms with Crippen LogP contribution < -0.4 is 0 Å². The van der Waals surface area contributed by atoms with Gasteiger partial charge in [0.2, 0.25) is 0 Å². The van der Waals surface area contributed by atoms with Crippen molar-refractivity contribution < 1.29 is 26.1 Å². The SMILES string of the molecule is CC1=CC[C]([Zr+2][C]2=CC=CC2)=C1C.[H-].[H-]. The Kier molecular flexibility index (Phi) is 2.84. The Balaban J connectivity index is 0.000000980. The molecule has 0 aromatic heterocycles. The van der Waals surface area contributed by atoms with Gasteiger partial charge in [-0.25, -0.2) is 0 Å². The molecule has 13 heavy (non-hydrogen) atoms. The van der Waals surface area contributed by atoms with Crippen LogP contribution >= 0.6 is 0 Å². The zero-order chi connectivity index (χ0) is 9.26. The third-order valence-corrected chi connectivity index (χ3v) is 6.61. The molecule has 0 heterocycles. The molecule has 0 N–H and O–H groups in total. The molecular weight excluding hydrogens is 235 g/mol. The third-order valence-electron chi connectivity index (χ3n) is 2.74. The van der Waals surface area contributed by atoms with Gasteiger partial charge in [-0.15, -0.1) is 0 Å². The first kappa shape index (κ1) is 9.40. The summed E-state index contributed by atoms with van der Waals surface area (Å²) in [6.07, 6.45) is 11.7. The zero-order valence-electron chi connectivity index (χ0n) is 10.2. The summed E-state index contributed by atoms with van der Waals surface area (Å²) in [5.74, 6) is 0. The molecule has 1 heteroatoms. The molecule has 0 saturated heterocycles. The minimum Gasteiger partial charge on any atom is -1.00 e. The van der Waals surface area contributed by atoms with Gasteiger partial charge in [0.25, 0.3) is 0 Å². The van der Waals surface area contributed by atoms with Crippen LogP contribution in [0, 0.1) is 0 Å². The van der Waals surface area contributed by atoms with E-state index in [1.54, 1.807) is 12.1 Å². The monoisotopic (exact) mass is 250 g/mol. The van der Waals surface area contributed by atoms with E-state index in [1.807, 2.05) is 0 Å². The number of rotatable bonds is 2. The van der Waals surface area contributed by atoms with E-state index in [0.29, 0.717) is 0 Å². The second kappa shape index (κ2) is 3.92. The van der Waals surface area contributed by atoms with Crippen LogP contribution in [-0.4, -0.2) is 0 Å². The van der Waals surface area contributed by atoms with Crippen molar-refractivity contribution in [3.05, 3.63) is 42.0 Å². The van der Waals surface area contributed by atoms with E-state index >= 15 is 0 Å². The van der Waals surface area contributed by atoms with Gasteiger partial charge in [0, 0.05) is 0 Å². The topological polar surface area (TPSA) is 0 Å². The molecule has 0 saturated carbocycles. The van der Waals surface area contributed by atoms with Crippen LogP contribution in [-0.2, 0) is 23.2 Å². The maximum Gasteiger partial charge on any atom is -1.00 e. The predicted molar refractivity (Wildman–Crippen MR) is 55.1 cm³/mol. The van der Waals surface area contributed by atoms with Crippen molar-refractivity contribution >= 4 is 0 Å². The first-order chi connectivity index (χ1) is 6.27. The first-order valence-electron chi connectivity index (χ1n) is 4.77. The van der Waals surface area contributed by atoms with Gasteiger partial charge in [0.15, 0.2) is 0 Å². The minimum absolute atomic E-state index is 0. The van der Waals surface area contributed by atoms with Crippen LogP contribution in [0.3, 0.4) is 0 Å². The summed E-state index contributed by atoms with van der Waals surface area (Å²) in [5, 5.41) is 0. The van der Waals surface area contributed by atoms with E-state index in [2.05, 4.69) is 38.2 Å². The number of hydrogen-bond acceptors (Lipinski definition) is 0. The van der Waals surface area contributed by atoms with Crippen LogP contribution in [0.5, 0.6) is 0 Å². The van der Waals surface area contributed by atoms with Crippen LogP contribution in [0.2, 0.25) is 0 Å². The summed E-state index contributed by atoms with van der Waals surface area (Å²) in [6, 6.07) is 0. The summed E-state index contributed by atoms with van der Waals surface area (Å²) in [7, 11) is 0. The van der Waals surface area contributed by atoms with Gasteiger partial charge in [-0.3, -0.25) is 0 Å². The predicted octanol–water partition coefficient (Wildman–Crippen LogP) is 3.76. The van der Waals surface area contributed by atoms with Gasteiger partial charge >= 0.3 is 91.9 Å². The number of allylic oxidation sites excluding steroid dienone is 8. The molecule has 0 nitrogen and oxygen atoms in total. The van der Waals surface area contributed by atoms with Gasteiger partial charge in [-0.05, 0) is 0 Å². The van der Waals surface area contributed by atoms with Gasteiger partial charge in [-0.1, -0.05) is 0 Å². The van der Waals surface area contributed by atoms with Crippen LogP contribution in [0.15, 0.2) is 42.0 Å². The summed E-state index contributed by atoms with van der Waals surface area (Å²) in [6.45, 7) is 4.53. The molecule has 0 bridgehead atoms. The van der Waals surface area contributed by atoms with Crippen molar-refractivity contribution in [1.82, 2.24) is 0 Å². The quantitative estimate of drug-likeness (QED) is 0.701. The molecule has 68 valence electrons. The average molecular weight is 251 g/mol. The van der Waals surface area contributed by atoms with E-state index < -0.39 is 0 Å². The molecule has 0 spiro atoms. The van der Waals surface area contributed by atoms with E-state index in [-0.39, 0.29) is 26.1 Å². The molecule has 2 aliphatic carbocycles. The molecule has 0 fully saturated rings. The standard InChI is InChI=1S/C7H9.C5H5.Zr.2H/c1-6-4-3-5-7(6)2;1-2-4-5-3-1;;;/h4H,3H2,1-2H3;1-3H,4H2;;;/q;;+2;2*-1. The van der Waals surface area contributed by atoms with Crippen LogP contribution in [0.25, 0.3) is 0 Å². The molecule has 2 aliphatic rings. The first-order valence-corrected chi connectivity index (χ1v) is 7.23. The molecule has 0 radical (unpaired) electrons. The normalized spacial score (nSPS) is 20.5. The minimum atomic E-state index is -0.375. The molecular formula is C12H16Zr. The van der Waals surface area contributed by atoms with Crippen LogP contribution in [0.4, 0.5) is 0 Å². The average Bonchev–Trinajstić information content (AvgIpc) is 2.71. The largest absolute Gasteiger partial charge is 1.00 e. The van der Waals surface area contributed by atoms with Gasteiger partial charge in [0.1, 0.15) is 0 Å². The Labute approximate surface area is 94.6 Å². The maximum atomic E-state index is 2.38. The van der Waals surface area contributed by atoms with E-state index in [4.69, 9.17) is 0 Å². The Morgan fingerprint density at radius 3 is 2.69 bits per heavy atom. The Morgan fingerprint density at radius 1 is 1.31 bits per heavy atom. The van der Waals surface area contributed by atoms with E-state index in [0.717, 1.165) is 0 Å². The Bertz CT molecular complexity index is 349. The fourth-order valence-electron chi connectivity index (χ4n) is 1.68. The second-order valence-electron chi connectivity index (χ2n) is 3.64. The molecule has 0 amide bonds. The fraction of sp³-hybridized carbons (Fsp3) is 0.333. The Morgan fingerprint density at radius 2 is 2.15 bits per heavy atom. The molecule has 0 aromatic rings. The van der Waals surface area contributed by atoms with Gasteiger partial charge in [-0.2, -0.15) is 0 Å². The van der Waals surface area contributed by atoms with E-state index in [1.165, 1.54) is 18.4 Å². The van der Waals surface area contributed by atoms with Crippen molar-refractivity contribution in [3.63, 3.8) is 0 Å². The van der Waals surface area contributed by atoms with Gasteiger partial charge in [0.05, 0.1) is 0 Å². The second-order valence-corrected chi connectivity index (χ2v) is 7.32. The van der Waals surface area contributed by atoms with Crippen molar-refractivity contribution in [2.45, 2.75) is 26.7 Å². The molecule has 0 aromatic carbocycles. The molecule has 0 atom stereocenters. The smallest absolute Gasteiger partial charge is 1.00 e. The zero-order valence-corrected chi connectivity index (χ0v) is 10.7. The summed E-state index contributed by atoms with van der Waals surface area (Å²) < 4.78 is 3.53. The van der Waals surface area contributed by atoms with Crippen molar-refractivity contribution in [2.75, 3.05) is 0 Å². The van der Waals surface area contributed by atoms with Crippen molar-refractivity contribution in [3.8, 4) is 0 Å².